The predicted octanol–water partition coefficient (Wildman–Crippen LogP) is 2.80. The summed E-state index contributed by atoms with van der Waals surface area (Å²) in [5.41, 5.74) is 2.28. The first-order chi connectivity index (χ1) is 7.43. The van der Waals surface area contributed by atoms with Gasteiger partial charge < -0.3 is 0 Å². The van der Waals surface area contributed by atoms with E-state index in [2.05, 4.69) is 35.5 Å². The van der Waals surface area contributed by atoms with Crippen LogP contribution in [0.2, 0.25) is 0 Å². The van der Waals surface area contributed by atoms with Gasteiger partial charge in [0.15, 0.2) is 0 Å². The molecule has 0 bridgehead atoms. The Kier molecular flexibility index (Phi) is 5.39. The van der Waals surface area contributed by atoms with Crippen LogP contribution < -0.4 is 0 Å². The van der Waals surface area contributed by atoms with Crippen molar-refractivity contribution in [2.24, 2.45) is 0 Å². The monoisotopic (exact) mass is 210 g/mol. The van der Waals surface area contributed by atoms with Crippen LogP contribution in [0.4, 0.5) is 0 Å². The molecular formula is C14H7Cl. The van der Waals surface area contributed by atoms with E-state index in [4.69, 9.17) is 11.6 Å². The molecule has 1 heteroatoms. The Bertz CT molecular complexity index is 505. The lowest BCUT2D eigenvalue weighted by atomic mass is 10.2. The fraction of sp³-hybridized carbons (Fsp3) is 0. The van der Waals surface area contributed by atoms with E-state index >= 15 is 0 Å². The molecule has 1 rings (SSSR count). The highest BCUT2D eigenvalue weighted by molar-refractivity contribution is 6.25. The maximum atomic E-state index is 5.26. The SMILES string of the molecule is Cl/C=C/C#CC#CC#Cc1ccccc1. The van der Waals surface area contributed by atoms with Crippen molar-refractivity contribution in [2.75, 3.05) is 0 Å². The van der Waals surface area contributed by atoms with Crippen molar-refractivity contribution in [2.45, 2.75) is 0 Å². The van der Waals surface area contributed by atoms with E-state index in [1.54, 1.807) is 0 Å². The van der Waals surface area contributed by atoms with Gasteiger partial charge in [-0.05, 0) is 35.8 Å². The molecule has 1 aromatic rings. The molecule has 0 N–H and O–H groups in total. The van der Waals surface area contributed by atoms with Crippen LogP contribution in [0, 0.1) is 35.5 Å². The summed E-state index contributed by atoms with van der Waals surface area (Å²) in [6.07, 6.45) is 1.51. The lowest BCUT2D eigenvalue weighted by Gasteiger charge is -1.83. The number of allylic oxidation sites excluding steroid dienone is 1. The van der Waals surface area contributed by atoms with Gasteiger partial charge in [-0.15, -0.1) is 0 Å². The van der Waals surface area contributed by atoms with Crippen LogP contribution in [0.3, 0.4) is 0 Å². The van der Waals surface area contributed by atoms with E-state index in [-0.39, 0.29) is 0 Å². The van der Waals surface area contributed by atoms with Gasteiger partial charge in [-0.1, -0.05) is 41.6 Å². The van der Waals surface area contributed by atoms with Crippen molar-refractivity contribution in [3.8, 4) is 35.5 Å². The minimum atomic E-state index is 0.945. The number of benzene rings is 1. The van der Waals surface area contributed by atoms with Gasteiger partial charge >= 0.3 is 0 Å². The van der Waals surface area contributed by atoms with Crippen LogP contribution in [0.5, 0.6) is 0 Å². The molecule has 15 heavy (non-hydrogen) atoms. The number of halogens is 1. The Hall–Kier alpha value is -2.07. The van der Waals surface area contributed by atoms with Crippen LogP contribution in [0.15, 0.2) is 41.9 Å². The van der Waals surface area contributed by atoms with Crippen LogP contribution in [-0.2, 0) is 0 Å². The fourth-order valence-electron chi connectivity index (χ4n) is 0.797. The quantitative estimate of drug-likeness (QED) is 0.578. The summed E-state index contributed by atoms with van der Waals surface area (Å²) in [5, 5.41) is 0. The Morgan fingerprint density at radius 1 is 0.933 bits per heavy atom. The van der Waals surface area contributed by atoms with Crippen molar-refractivity contribution in [1.29, 1.82) is 0 Å². The first-order valence-electron chi connectivity index (χ1n) is 4.25. The maximum absolute atomic E-state index is 5.26. The van der Waals surface area contributed by atoms with Crippen LogP contribution in [-0.4, -0.2) is 0 Å². The molecule has 0 fully saturated rings. The first kappa shape index (κ1) is 11.0. The lowest BCUT2D eigenvalue weighted by Crippen LogP contribution is -1.68. The number of hydrogen-bond acceptors (Lipinski definition) is 0. The highest BCUT2D eigenvalue weighted by Crippen LogP contribution is 1.93. The Labute approximate surface area is 95.0 Å². The molecule has 0 aliphatic carbocycles. The second kappa shape index (κ2) is 7.34. The summed E-state index contributed by atoms with van der Waals surface area (Å²) >= 11 is 5.26. The van der Waals surface area contributed by atoms with Gasteiger partial charge in [-0.3, -0.25) is 0 Å². The highest BCUT2D eigenvalue weighted by atomic mass is 35.5. The first-order valence-corrected chi connectivity index (χ1v) is 4.69. The smallest absolute Gasteiger partial charge is 0.0255 e. The summed E-state index contributed by atoms with van der Waals surface area (Å²) in [7, 11) is 0. The summed E-state index contributed by atoms with van der Waals surface area (Å²) in [4.78, 5) is 0. The van der Waals surface area contributed by atoms with Crippen LogP contribution in [0.1, 0.15) is 5.56 Å². The van der Waals surface area contributed by atoms with Gasteiger partial charge in [-0.2, -0.15) is 0 Å². The summed E-state index contributed by atoms with van der Waals surface area (Å²) in [6.45, 7) is 0. The molecule has 1 aromatic carbocycles. The van der Waals surface area contributed by atoms with Crippen molar-refractivity contribution in [3.63, 3.8) is 0 Å². The largest absolute Gasteiger partial charge is 0.0923 e. The normalized spacial score (nSPS) is 7.80. The molecule has 0 amide bonds. The molecule has 0 radical (unpaired) electrons. The highest BCUT2D eigenvalue weighted by Gasteiger charge is 1.78. The van der Waals surface area contributed by atoms with E-state index in [1.165, 1.54) is 11.6 Å². The van der Waals surface area contributed by atoms with Crippen molar-refractivity contribution >= 4 is 11.6 Å². The van der Waals surface area contributed by atoms with Crippen molar-refractivity contribution in [3.05, 3.63) is 47.5 Å². The molecule has 0 nitrogen and oxygen atoms in total. The van der Waals surface area contributed by atoms with Gasteiger partial charge in [0, 0.05) is 17.2 Å². The molecule has 0 aromatic heterocycles. The number of hydrogen-bond donors (Lipinski definition) is 0. The standard InChI is InChI=1S/C14H7Cl/c15-13-9-4-2-1-3-6-10-14-11-7-5-8-12-14/h5,7-9,11-13H/b13-9+. The third-order valence-corrected chi connectivity index (χ3v) is 1.51. The molecule has 0 unspecified atom stereocenters. The Balaban J connectivity index is 2.58. The van der Waals surface area contributed by atoms with Gasteiger partial charge in [0.25, 0.3) is 0 Å². The molecule has 0 aliphatic heterocycles. The lowest BCUT2D eigenvalue weighted by molar-refractivity contribution is 1.65. The third kappa shape index (κ3) is 5.28. The Morgan fingerprint density at radius 3 is 2.40 bits per heavy atom. The molecule has 70 valence electrons. The minimum Gasteiger partial charge on any atom is -0.0923 e. The zero-order chi connectivity index (χ0) is 10.8. The summed E-state index contributed by atoms with van der Waals surface area (Å²) in [6, 6.07) is 9.67. The van der Waals surface area contributed by atoms with Gasteiger partial charge in [0.05, 0.1) is 0 Å². The predicted molar refractivity (Wildman–Crippen MR) is 63.9 cm³/mol. The molecule has 0 atom stereocenters. The molecule has 0 spiro atoms. The second-order valence-corrected chi connectivity index (χ2v) is 2.68. The molecule has 0 saturated carbocycles. The fourth-order valence-corrected chi connectivity index (χ4v) is 0.860. The molecular weight excluding hydrogens is 204 g/mol. The van der Waals surface area contributed by atoms with E-state index in [0.717, 1.165) is 5.56 Å². The van der Waals surface area contributed by atoms with E-state index < -0.39 is 0 Å². The van der Waals surface area contributed by atoms with Crippen molar-refractivity contribution in [1.82, 2.24) is 0 Å². The molecule has 0 saturated heterocycles. The van der Waals surface area contributed by atoms with E-state index in [9.17, 15) is 0 Å². The average Bonchev–Trinajstić information content (AvgIpc) is 2.29. The average molecular weight is 211 g/mol. The summed E-state index contributed by atoms with van der Waals surface area (Å²) < 4.78 is 0. The van der Waals surface area contributed by atoms with Crippen LogP contribution >= 0.6 is 11.6 Å². The molecule has 0 aliphatic rings. The van der Waals surface area contributed by atoms with Gasteiger partial charge in [0.1, 0.15) is 0 Å². The third-order valence-electron chi connectivity index (χ3n) is 1.39. The zero-order valence-corrected chi connectivity index (χ0v) is 8.68. The maximum Gasteiger partial charge on any atom is 0.0255 e. The van der Waals surface area contributed by atoms with E-state index in [0.29, 0.717) is 0 Å². The van der Waals surface area contributed by atoms with E-state index in [1.807, 2.05) is 30.3 Å². The summed E-state index contributed by atoms with van der Waals surface area (Å²) in [5.74, 6) is 16.1. The second-order valence-electron chi connectivity index (χ2n) is 2.43. The Morgan fingerprint density at radius 2 is 1.67 bits per heavy atom. The molecule has 0 heterocycles. The minimum absolute atomic E-state index is 0.945. The van der Waals surface area contributed by atoms with Gasteiger partial charge in [-0.25, -0.2) is 0 Å². The number of rotatable bonds is 0. The van der Waals surface area contributed by atoms with Crippen molar-refractivity contribution < 1.29 is 0 Å². The topological polar surface area (TPSA) is 0 Å². The van der Waals surface area contributed by atoms with Crippen LogP contribution in [0.25, 0.3) is 0 Å². The zero-order valence-electron chi connectivity index (χ0n) is 7.92. The van der Waals surface area contributed by atoms with Gasteiger partial charge in [0.2, 0.25) is 0 Å².